The number of halogens is 1. The SMILES string of the molecule is COc1ccc(N2C(=S)N=C(Nc3cccc(Cl)c3)C23CCC(C)CC3)cc1. The van der Waals surface area contributed by atoms with Gasteiger partial charge in [0.15, 0.2) is 0 Å². The van der Waals surface area contributed by atoms with Gasteiger partial charge in [-0.1, -0.05) is 24.6 Å². The number of thiocarbonyl (C=S) groups is 1. The average molecular weight is 414 g/mol. The highest BCUT2D eigenvalue weighted by Gasteiger charge is 2.50. The number of hydrogen-bond donors (Lipinski definition) is 1. The third-order valence-corrected chi connectivity index (χ3v) is 6.30. The monoisotopic (exact) mass is 413 g/mol. The Bertz CT molecular complexity index is 904. The van der Waals surface area contributed by atoms with Gasteiger partial charge in [-0.05, 0) is 86.3 Å². The number of hydrogen-bond acceptors (Lipinski definition) is 3. The lowest BCUT2D eigenvalue weighted by molar-refractivity contribution is 0.311. The van der Waals surface area contributed by atoms with Gasteiger partial charge in [-0.15, -0.1) is 0 Å². The maximum Gasteiger partial charge on any atom is 0.202 e. The molecule has 146 valence electrons. The molecular formula is C22H24ClN3OS. The van der Waals surface area contributed by atoms with Crippen LogP contribution in [0.1, 0.15) is 32.6 Å². The van der Waals surface area contributed by atoms with Crippen molar-refractivity contribution in [1.82, 2.24) is 0 Å². The van der Waals surface area contributed by atoms with Crippen LogP contribution in [0.2, 0.25) is 5.02 Å². The maximum atomic E-state index is 6.18. The maximum absolute atomic E-state index is 6.18. The normalized spacial score (nSPS) is 24.4. The summed E-state index contributed by atoms with van der Waals surface area (Å²) in [5, 5.41) is 4.82. The minimum Gasteiger partial charge on any atom is -0.497 e. The number of nitrogens with zero attached hydrogens (tertiary/aromatic N) is 2. The lowest BCUT2D eigenvalue weighted by Crippen LogP contribution is -2.55. The number of anilines is 2. The highest BCUT2D eigenvalue weighted by atomic mass is 35.5. The molecular weight excluding hydrogens is 390 g/mol. The summed E-state index contributed by atoms with van der Waals surface area (Å²) in [6.07, 6.45) is 4.30. The Kier molecular flexibility index (Phi) is 5.30. The topological polar surface area (TPSA) is 36.9 Å². The molecule has 1 saturated carbocycles. The molecule has 1 spiro atoms. The van der Waals surface area contributed by atoms with Crippen molar-refractivity contribution < 1.29 is 4.74 Å². The zero-order valence-electron chi connectivity index (χ0n) is 16.1. The van der Waals surface area contributed by atoms with Crippen LogP contribution in [0.3, 0.4) is 0 Å². The van der Waals surface area contributed by atoms with Crippen LogP contribution in [0.4, 0.5) is 11.4 Å². The lowest BCUT2D eigenvalue weighted by atomic mass is 9.75. The molecule has 0 amide bonds. The second kappa shape index (κ2) is 7.72. The van der Waals surface area contributed by atoms with Gasteiger partial charge >= 0.3 is 0 Å². The highest BCUT2D eigenvalue weighted by molar-refractivity contribution is 7.80. The Labute approximate surface area is 176 Å². The minimum atomic E-state index is -0.250. The van der Waals surface area contributed by atoms with Crippen LogP contribution in [-0.4, -0.2) is 23.6 Å². The van der Waals surface area contributed by atoms with E-state index in [4.69, 9.17) is 33.5 Å². The molecule has 0 bridgehead atoms. The average Bonchev–Trinajstić information content (AvgIpc) is 2.95. The summed E-state index contributed by atoms with van der Waals surface area (Å²) in [5.74, 6) is 2.46. The van der Waals surface area contributed by atoms with Gasteiger partial charge in [-0.2, -0.15) is 0 Å². The highest BCUT2D eigenvalue weighted by Crippen LogP contribution is 2.44. The van der Waals surface area contributed by atoms with E-state index in [2.05, 4.69) is 29.3 Å². The molecule has 0 aromatic heterocycles. The van der Waals surface area contributed by atoms with Crippen molar-refractivity contribution in [3.8, 4) is 5.75 Å². The van der Waals surface area contributed by atoms with Crippen LogP contribution in [-0.2, 0) is 0 Å². The van der Waals surface area contributed by atoms with Crippen molar-refractivity contribution in [3.63, 3.8) is 0 Å². The van der Waals surface area contributed by atoms with E-state index >= 15 is 0 Å². The Balaban J connectivity index is 1.71. The number of ether oxygens (including phenoxy) is 1. The summed E-state index contributed by atoms with van der Waals surface area (Å²) in [7, 11) is 1.68. The fraction of sp³-hybridized carbons (Fsp3) is 0.364. The van der Waals surface area contributed by atoms with E-state index in [1.165, 1.54) is 0 Å². The van der Waals surface area contributed by atoms with Gasteiger partial charge < -0.3 is 15.0 Å². The summed E-state index contributed by atoms with van der Waals surface area (Å²) in [4.78, 5) is 7.03. The number of amidine groups is 1. The van der Waals surface area contributed by atoms with Crippen molar-refractivity contribution in [3.05, 3.63) is 53.6 Å². The first-order chi connectivity index (χ1) is 13.5. The molecule has 0 unspecified atom stereocenters. The van der Waals surface area contributed by atoms with E-state index in [0.29, 0.717) is 16.1 Å². The molecule has 0 saturated heterocycles. The summed E-state index contributed by atoms with van der Waals surface area (Å²) in [6, 6.07) is 15.8. The Morgan fingerprint density at radius 1 is 1.18 bits per heavy atom. The Morgan fingerprint density at radius 3 is 2.54 bits per heavy atom. The summed E-state index contributed by atoms with van der Waals surface area (Å²) in [5.41, 5.74) is 1.73. The molecule has 6 heteroatoms. The van der Waals surface area contributed by atoms with E-state index < -0.39 is 0 Å². The summed E-state index contributed by atoms with van der Waals surface area (Å²) < 4.78 is 5.32. The van der Waals surface area contributed by atoms with Gasteiger partial charge in [0.05, 0.1) is 7.11 Å². The first-order valence-corrected chi connectivity index (χ1v) is 10.4. The molecule has 1 N–H and O–H groups in total. The predicted molar refractivity (Wildman–Crippen MR) is 121 cm³/mol. The minimum absolute atomic E-state index is 0.250. The van der Waals surface area contributed by atoms with Crippen molar-refractivity contribution >= 4 is 46.1 Å². The van der Waals surface area contributed by atoms with Crippen molar-refractivity contribution in [2.24, 2.45) is 10.9 Å². The van der Waals surface area contributed by atoms with Crippen LogP contribution in [0, 0.1) is 5.92 Å². The molecule has 2 aromatic rings. The molecule has 1 aliphatic heterocycles. The molecule has 1 fully saturated rings. The lowest BCUT2D eigenvalue weighted by Gasteiger charge is -2.44. The van der Waals surface area contributed by atoms with E-state index in [0.717, 1.165) is 48.6 Å². The predicted octanol–water partition coefficient (Wildman–Crippen LogP) is 5.91. The molecule has 28 heavy (non-hydrogen) atoms. The Hall–Kier alpha value is -2.11. The molecule has 2 aromatic carbocycles. The van der Waals surface area contributed by atoms with Crippen LogP contribution in [0.5, 0.6) is 5.75 Å². The summed E-state index contributed by atoms with van der Waals surface area (Å²) in [6.45, 7) is 2.32. The number of benzene rings is 2. The molecule has 4 rings (SSSR count). The molecule has 4 nitrogen and oxygen atoms in total. The number of aliphatic imine (C=N–C) groups is 1. The number of rotatable bonds is 3. The van der Waals surface area contributed by atoms with E-state index in [9.17, 15) is 0 Å². The van der Waals surface area contributed by atoms with Gasteiger partial charge in [0, 0.05) is 16.4 Å². The molecule has 0 radical (unpaired) electrons. The van der Waals surface area contributed by atoms with Gasteiger partial charge in [0.25, 0.3) is 0 Å². The second-order valence-electron chi connectivity index (χ2n) is 7.63. The summed E-state index contributed by atoms with van der Waals surface area (Å²) >= 11 is 11.9. The van der Waals surface area contributed by atoms with Crippen LogP contribution >= 0.6 is 23.8 Å². The van der Waals surface area contributed by atoms with Crippen molar-refractivity contribution in [1.29, 1.82) is 0 Å². The standard InChI is InChI=1S/C22H24ClN3OS/c1-15-10-12-22(13-11-15)20(24-17-5-3-4-16(23)14-17)25-21(28)26(22)18-6-8-19(27-2)9-7-18/h3-9,14-15H,10-13H2,1-2H3,(H,24,25,28). The number of methoxy groups -OCH3 is 1. The number of nitrogens with one attached hydrogen (secondary N) is 1. The zero-order chi connectivity index (χ0) is 19.7. The van der Waals surface area contributed by atoms with Gasteiger partial charge in [0.2, 0.25) is 5.11 Å². The third kappa shape index (κ3) is 3.49. The largest absolute Gasteiger partial charge is 0.497 e. The van der Waals surface area contributed by atoms with Crippen molar-refractivity contribution in [2.45, 2.75) is 38.1 Å². The second-order valence-corrected chi connectivity index (χ2v) is 8.43. The van der Waals surface area contributed by atoms with E-state index in [1.54, 1.807) is 7.11 Å². The van der Waals surface area contributed by atoms with Gasteiger partial charge in [0.1, 0.15) is 17.1 Å². The zero-order valence-corrected chi connectivity index (χ0v) is 17.7. The molecule has 1 aliphatic carbocycles. The fourth-order valence-corrected chi connectivity index (χ4v) is 4.74. The first-order valence-electron chi connectivity index (χ1n) is 9.62. The van der Waals surface area contributed by atoms with Crippen LogP contribution < -0.4 is 15.0 Å². The first kappa shape index (κ1) is 19.2. The third-order valence-electron chi connectivity index (χ3n) is 5.79. The van der Waals surface area contributed by atoms with Crippen LogP contribution in [0.15, 0.2) is 53.5 Å². The molecule has 2 aliphatic rings. The van der Waals surface area contributed by atoms with Crippen molar-refractivity contribution in [2.75, 3.05) is 17.3 Å². The van der Waals surface area contributed by atoms with E-state index in [1.807, 2.05) is 36.4 Å². The van der Waals surface area contributed by atoms with Gasteiger partial charge in [-0.3, -0.25) is 0 Å². The quantitative estimate of drug-likeness (QED) is 0.634. The molecule has 0 atom stereocenters. The van der Waals surface area contributed by atoms with Crippen LogP contribution in [0.25, 0.3) is 0 Å². The smallest absolute Gasteiger partial charge is 0.202 e. The Morgan fingerprint density at radius 2 is 1.89 bits per heavy atom. The van der Waals surface area contributed by atoms with E-state index in [-0.39, 0.29) is 5.54 Å². The fourth-order valence-electron chi connectivity index (χ4n) is 4.17. The van der Waals surface area contributed by atoms with Gasteiger partial charge in [-0.25, -0.2) is 4.99 Å². The molecule has 1 heterocycles.